The molecule has 0 unspecified atom stereocenters. The third-order valence-corrected chi connectivity index (χ3v) is 4.66. The fraction of sp³-hybridized carbons (Fsp3) is 0.0417. The molecular weight excluding hydrogens is 397 g/mol. The topological polar surface area (TPSA) is 77.2 Å². The van der Waals surface area contributed by atoms with E-state index >= 15 is 0 Å². The summed E-state index contributed by atoms with van der Waals surface area (Å²) in [6, 6.07) is 17.9. The van der Waals surface area contributed by atoms with Gasteiger partial charge in [-0.05, 0) is 60.2 Å². The van der Waals surface area contributed by atoms with Crippen molar-refractivity contribution in [2.75, 3.05) is 7.11 Å². The van der Waals surface area contributed by atoms with Gasteiger partial charge in [0.2, 0.25) is 0 Å². The van der Waals surface area contributed by atoms with E-state index in [1.165, 1.54) is 31.4 Å². The highest BCUT2D eigenvalue weighted by Gasteiger charge is 2.09. The molecule has 1 heterocycles. The molecule has 7 heteroatoms. The Bertz CT molecular complexity index is 1260. The summed E-state index contributed by atoms with van der Waals surface area (Å²) in [6.45, 7) is 0. The number of carbonyl (C=O) groups is 1. The average Bonchev–Trinajstić information content (AvgIpc) is 3.28. The summed E-state index contributed by atoms with van der Waals surface area (Å²) < 4.78 is 19.7. The van der Waals surface area contributed by atoms with Crippen LogP contribution in [0.3, 0.4) is 0 Å². The van der Waals surface area contributed by atoms with E-state index in [-0.39, 0.29) is 17.3 Å². The van der Waals surface area contributed by atoms with E-state index in [4.69, 9.17) is 4.74 Å². The molecule has 4 rings (SSSR count). The molecule has 0 spiro atoms. The van der Waals surface area contributed by atoms with Crippen LogP contribution in [0.1, 0.15) is 15.9 Å². The number of methoxy groups -OCH3 is 1. The van der Waals surface area contributed by atoms with Crippen molar-refractivity contribution in [3.05, 3.63) is 95.9 Å². The first kappa shape index (κ1) is 20.0. The summed E-state index contributed by atoms with van der Waals surface area (Å²) >= 11 is 0. The number of ketones is 1. The van der Waals surface area contributed by atoms with Gasteiger partial charge in [-0.25, -0.2) is 9.07 Å². The van der Waals surface area contributed by atoms with Crippen LogP contribution in [0, 0.1) is 5.82 Å². The number of halogens is 1. The van der Waals surface area contributed by atoms with E-state index in [9.17, 15) is 14.3 Å². The normalized spacial score (nSPS) is 11.0. The number of hydrogen-bond donors (Lipinski definition) is 1. The molecule has 0 atom stereocenters. The number of hydrogen-bond acceptors (Lipinski definition) is 5. The van der Waals surface area contributed by atoms with Crippen molar-refractivity contribution in [2.24, 2.45) is 0 Å². The van der Waals surface area contributed by atoms with Gasteiger partial charge in [0, 0.05) is 11.1 Å². The van der Waals surface area contributed by atoms with Gasteiger partial charge in [-0.3, -0.25) is 4.79 Å². The highest BCUT2D eigenvalue weighted by atomic mass is 19.1. The molecule has 0 radical (unpaired) electrons. The maximum atomic E-state index is 13.1. The first-order valence-electron chi connectivity index (χ1n) is 9.41. The Balaban J connectivity index is 1.53. The fourth-order valence-electron chi connectivity index (χ4n) is 3.02. The van der Waals surface area contributed by atoms with Crippen LogP contribution in [-0.2, 0) is 0 Å². The molecule has 1 aromatic heterocycles. The van der Waals surface area contributed by atoms with Crippen molar-refractivity contribution in [1.29, 1.82) is 0 Å². The second-order valence-electron chi connectivity index (χ2n) is 6.73. The molecule has 0 aliphatic carbocycles. The SMILES string of the molecule is COc1ccc(/C=C/C(=O)c2cccc(-n3cc(-c4ccc(F)cc4)nn3)c2)cc1O. The van der Waals surface area contributed by atoms with Crippen LogP contribution in [0.5, 0.6) is 11.5 Å². The lowest BCUT2D eigenvalue weighted by Crippen LogP contribution is -1.99. The Labute approximate surface area is 177 Å². The Morgan fingerprint density at radius 1 is 1.10 bits per heavy atom. The van der Waals surface area contributed by atoms with Gasteiger partial charge in [0.15, 0.2) is 17.3 Å². The predicted molar refractivity (Wildman–Crippen MR) is 115 cm³/mol. The zero-order valence-electron chi connectivity index (χ0n) is 16.6. The summed E-state index contributed by atoms with van der Waals surface area (Å²) in [5.41, 5.74) is 3.15. The molecule has 4 aromatic rings. The Morgan fingerprint density at radius 3 is 2.65 bits per heavy atom. The number of phenolic OH excluding ortho intramolecular Hbond substituents is 1. The molecule has 0 aliphatic heterocycles. The van der Waals surface area contributed by atoms with Crippen LogP contribution >= 0.6 is 0 Å². The highest BCUT2D eigenvalue weighted by Crippen LogP contribution is 2.26. The van der Waals surface area contributed by atoms with Gasteiger partial charge in [0.25, 0.3) is 0 Å². The van der Waals surface area contributed by atoms with Crippen LogP contribution < -0.4 is 4.74 Å². The van der Waals surface area contributed by atoms with Crippen LogP contribution in [0.25, 0.3) is 23.0 Å². The Hall–Kier alpha value is -4.26. The van der Waals surface area contributed by atoms with Gasteiger partial charge in [-0.15, -0.1) is 5.10 Å². The lowest BCUT2D eigenvalue weighted by Gasteiger charge is -2.04. The highest BCUT2D eigenvalue weighted by molar-refractivity contribution is 6.07. The number of aromatic hydroxyl groups is 1. The molecule has 0 bridgehead atoms. The van der Waals surface area contributed by atoms with E-state index in [1.54, 1.807) is 59.4 Å². The van der Waals surface area contributed by atoms with Crippen molar-refractivity contribution < 1.29 is 19.0 Å². The van der Waals surface area contributed by atoms with E-state index in [2.05, 4.69) is 10.3 Å². The molecular formula is C24H18FN3O3. The lowest BCUT2D eigenvalue weighted by atomic mass is 10.1. The van der Waals surface area contributed by atoms with Crippen LogP contribution in [0.2, 0.25) is 0 Å². The van der Waals surface area contributed by atoms with Crippen LogP contribution in [-0.4, -0.2) is 33.0 Å². The smallest absolute Gasteiger partial charge is 0.185 e. The van der Waals surface area contributed by atoms with Crippen molar-refractivity contribution >= 4 is 11.9 Å². The van der Waals surface area contributed by atoms with Gasteiger partial charge in [-0.1, -0.05) is 29.5 Å². The molecule has 1 N–H and O–H groups in total. The van der Waals surface area contributed by atoms with Gasteiger partial charge < -0.3 is 9.84 Å². The number of nitrogens with zero attached hydrogens (tertiary/aromatic N) is 3. The number of phenols is 1. The Kier molecular flexibility index (Phi) is 5.57. The maximum absolute atomic E-state index is 13.1. The molecule has 0 fully saturated rings. The van der Waals surface area contributed by atoms with Gasteiger partial charge in [0.05, 0.1) is 19.0 Å². The average molecular weight is 415 g/mol. The van der Waals surface area contributed by atoms with Crippen LogP contribution in [0.4, 0.5) is 4.39 Å². The molecule has 0 amide bonds. The summed E-state index contributed by atoms with van der Waals surface area (Å²) in [5.74, 6) is -0.150. The monoisotopic (exact) mass is 415 g/mol. The summed E-state index contributed by atoms with van der Waals surface area (Å²) in [7, 11) is 1.47. The number of ether oxygens (including phenoxy) is 1. The zero-order chi connectivity index (χ0) is 21.8. The fourth-order valence-corrected chi connectivity index (χ4v) is 3.02. The molecule has 6 nitrogen and oxygen atoms in total. The van der Waals surface area contributed by atoms with Crippen LogP contribution in [0.15, 0.2) is 79.0 Å². The molecule has 0 saturated carbocycles. The number of carbonyl (C=O) groups excluding carboxylic acids is 1. The van der Waals surface area contributed by atoms with E-state index in [0.717, 1.165) is 5.56 Å². The van der Waals surface area contributed by atoms with Gasteiger partial charge in [-0.2, -0.15) is 0 Å². The molecule has 0 saturated heterocycles. The summed E-state index contributed by atoms with van der Waals surface area (Å²) in [6.07, 6.45) is 4.77. The molecule has 154 valence electrons. The van der Waals surface area contributed by atoms with Gasteiger partial charge in [0.1, 0.15) is 11.5 Å². The summed E-state index contributed by atoms with van der Waals surface area (Å²) in [4.78, 5) is 12.6. The number of rotatable bonds is 6. The van der Waals surface area contributed by atoms with Crippen molar-refractivity contribution in [1.82, 2.24) is 15.0 Å². The first-order chi connectivity index (χ1) is 15.0. The third kappa shape index (κ3) is 4.51. The largest absolute Gasteiger partial charge is 0.504 e. The van der Waals surface area contributed by atoms with E-state index in [0.29, 0.717) is 28.3 Å². The van der Waals surface area contributed by atoms with Gasteiger partial charge >= 0.3 is 0 Å². The van der Waals surface area contributed by atoms with Crippen molar-refractivity contribution in [2.45, 2.75) is 0 Å². The number of allylic oxidation sites excluding steroid dienone is 1. The minimum absolute atomic E-state index is 0.00207. The Morgan fingerprint density at radius 2 is 1.90 bits per heavy atom. The van der Waals surface area contributed by atoms with Crippen molar-refractivity contribution in [3.8, 4) is 28.4 Å². The second-order valence-corrected chi connectivity index (χ2v) is 6.73. The third-order valence-electron chi connectivity index (χ3n) is 4.66. The van der Waals surface area contributed by atoms with E-state index < -0.39 is 0 Å². The zero-order valence-corrected chi connectivity index (χ0v) is 16.6. The minimum Gasteiger partial charge on any atom is -0.504 e. The molecule has 0 aliphatic rings. The maximum Gasteiger partial charge on any atom is 0.185 e. The molecule has 3 aromatic carbocycles. The summed E-state index contributed by atoms with van der Waals surface area (Å²) in [5, 5.41) is 18.1. The minimum atomic E-state index is -0.319. The number of benzene rings is 3. The standard InChI is InChI=1S/C24H18FN3O3/c1-31-24-12-6-16(13-23(24)30)5-11-22(29)18-3-2-4-20(14-18)28-15-21(26-27-28)17-7-9-19(25)10-8-17/h2-15,30H,1H3/b11-5+. The predicted octanol–water partition coefficient (Wildman–Crippen LogP) is 4.68. The van der Waals surface area contributed by atoms with Crippen molar-refractivity contribution in [3.63, 3.8) is 0 Å². The molecule has 31 heavy (non-hydrogen) atoms. The second kappa shape index (κ2) is 8.62. The van der Waals surface area contributed by atoms with E-state index in [1.807, 2.05) is 6.07 Å². The number of aromatic nitrogens is 3. The quantitative estimate of drug-likeness (QED) is 0.365. The lowest BCUT2D eigenvalue weighted by molar-refractivity contribution is 0.104. The first-order valence-corrected chi connectivity index (χ1v) is 9.41.